The number of nitrogens with one attached hydrogen (secondary N) is 1. The first-order valence-corrected chi connectivity index (χ1v) is 17.3. The Kier molecular flexibility index (Phi) is 19.4. The summed E-state index contributed by atoms with van der Waals surface area (Å²) in [4.78, 5) is 43.3. The molecule has 1 aromatic rings. The first-order chi connectivity index (χ1) is 19.4. The van der Waals surface area contributed by atoms with E-state index in [0.29, 0.717) is 12.0 Å². The predicted octanol–water partition coefficient (Wildman–Crippen LogP) is 4.16. The first-order valence-electron chi connectivity index (χ1n) is 13.2. The molecule has 0 radical (unpaired) electrons. The number of aryl methyl sites for hydroxylation is 1. The number of phosphoric acid groups is 1. The monoisotopic (exact) mass is 692 g/mol. The average Bonchev–Trinajstić information content (AvgIpc) is 3.30. The summed E-state index contributed by atoms with van der Waals surface area (Å²) in [5.74, 6) is 0. The normalized spacial score (nSPS) is 20.1. The van der Waals surface area contributed by atoms with Crippen LogP contribution >= 0.6 is 28.0 Å². The molecule has 0 aliphatic carbocycles. The van der Waals surface area contributed by atoms with Gasteiger partial charge in [0.05, 0.1) is 25.4 Å². The van der Waals surface area contributed by atoms with E-state index in [2.05, 4.69) is 66.1 Å². The molecule has 1 aliphatic heterocycles. The van der Waals surface area contributed by atoms with Gasteiger partial charge in [0.2, 0.25) is 0 Å². The number of aromatic amines is 1. The van der Waals surface area contributed by atoms with Gasteiger partial charge in [-0.15, -0.1) is 0 Å². The van der Waals surface area contributed by atoms with Gasteiger partial charge < -0.3 is 19.4 Å². The van der Waals surface area contributed by atoms with Gasteiger partial charge in [-0.05, 0) is 53.0 Å². The quantitative estimate of drug-likeness (QED) is 0.0571. The Labute approximate surface area is 255 Å². The fourth-order valence-electron chi connectivity index (χ4n) is 4.08. The van der Waals surface area contributed by atoms with Crippen LogP contribution in [0.1, 0.15) is 56.7 Å². The Morgan fingerprint density at radius 3 is 2.44 bits per heavy atom. The Morgan fingerprint density at radius 2 is 1.80 bits per heavy atom. The SMILES string of the molecule is Cc1cn([C@H]2C[C@H](N=[N+]=[N-])[C@@H](COP(=O)(O)OCCCCCCCCN(C)CCN(C)C)O2)c(=O)[nH]c1=O.[Cl][Cu][Cl]. The van der Waals surface area contributed by atoms with Gasteiger partial charge in [0, 0.05) is 36.2 Å². The molecule has 2 rings (SSSR count). The second kappa shape index (κ2) is 20.9. The summed E-state index contributed by atoms with van der Waals surface area (Å²) in [5.41, 5.74) is 8.01. The van der Waals surface area contributed by atoms with Crippen LogP contribution in [0.3, 0.4) is 0 Å². The minimum absolute atomic E-state index is 0.0844. The molecular weight excluding hydrogens is 652 g/mol. The minimum atomic E-state index is -4.34. The van der Waals surface area contributed by atoms with Crippen molar-refractivity contribution in [3.05, 3.63) is 43.0 Å². The maximum absolute atomic E-state index is 12.3. The number of H-pyrrole nitrogens is 1. The Morgan fingerprint density at radius 1 is 1.17 bits per heavy atom. The summed E-state index contributed by atoms with van der Waals surface area (Å²) in [6.07, 6.45) is 5.72. The molecule has 0 aromatic carbocycles. The molecule has 14 nitrogen and oxygen atoms in total. The van der Waals surface area contributed by atoms with E-state index in [4.69, 9.17) is 19.3 Å². The zero-order chi connectivity index (χ0) is 30.8. The van der Waals surface area contributed by atoms with E-state index in [1.165, 1.54) is 10.8 Å². The number of nitrogens with zero attached hydrogens (tertiary/aromatic N) is 6. The molecule has 0 amide bonds. The molecule has 0 saturated carbocycles. The number of ether oxygens (including phenoxy) is 1. The van der Waals surface area contributed by atoms with Crippen molar-refractivity contribution in [1.82, 2.24) is 19.4 Å². The van der Waals surface area contributed by atoms with E-state index in [1.54, 1.807) is 6.92 Å². The molecule has 241 valence electrons. The number of hydrogen-bond donors (Lipinski definition) is 2. The third kappa shape index (κ3) is 15.9. The van der Waals surface area contributed by atoms with Crippen molar-refractivity contribution in [3.8, 4) is 0 Å². The Hall–Kier alpha value is -0.921. The zero-order valence-electron chi connectivity index (χ0n) is 23.9. The maximum atomic E-state index is 12.3. The van der Waals surface area contributed by atoms with Crippen LogP contribution in [0.4, 0.5) is 0 Å². The second-order valence-electron chi connectivity index (χ2n) is 9.98. The van der Waals surface area contributed by atoms with Crippen molar-refractivity contribution in [2.75, 3.05) is 54.0 Å². The van der Waals surface area contributed by atoms with Crippen LogP contribution in [0.25, 0.3) is 10.4 Å². The number of hydrogen-bond acceptors (Lipinski definition) is 9. The number of rotatable bonds is 18. The zero-order valence-corrected chi connectivity index (χ0v) is 27.2. The topological polar surface area (TPSA) is 175 Å². The van der Waals surface area contributed by atoms with Gasteiger partial charge in [0.1, 0.15) is 6.23 Å². The number of halogens is 2. The first kappa shape index (κ1) is 38.1. The number of aromatic nitrogens is 2. The van der Waals surface area contributed by atoms with Crippen molar-refractivity contribution in [1.29, 1.82) is 0 Å². The van der Waals surface area contributed by atoms with Crippen molar-refractivity contribution >= 4 is 28.0 Å². The second-order valence-corrected chi connectivity index (χ2v) is 13.0. The molecule has 4 atom stereocenters. The molecule has 0 bridgehead atoms. The summed E-state index contributed by atoms with van der Waals surface area (Å²) in [6, 6.07) is -0.739. The predicted molar refractivity (Wildman–Crippen MR) is 155 cm³/mol. The van der Waals surface area contributed by atoms with Crippen molar-refractivity contribution < 1.29 is 36.4 Å². The molecule has 1 unspecified atom stereocenters. The standard InChI is InChI=1S/C23H42N7O7P.2ClH.Cu/c1-18-16-30(23(32)25-22(18)31)21-15-19(26-27-24)20(37-21)17-36-38(33,34)35-14-10-8-6-5-7-9-11-29(4)13-12-28(2)3;;;/h16,19-21H,5-15,17H2,1-4H3,(H,33,34)(H,25,31,32);2*1H;/q;;;+2/p-2/t19-,20+,21+;;;/m0.../s1. The van der Waals surface area contributed by atoms with E-state index < -0.39 is 37.4 Å². The fraction of sp³-hybridized carbons (Fsp3) is 0.826. The summed E-state index contributed by atoms with van der Waals surface area (Å²) in [6.45, 7) is 4.45. The number of likely N-dealkylation sites (N-methyl/N-ethyl adjacent to an activating group) is 2. The van der Waals surface area contributed by atoms with Crippen molar-refractivity contribution in [2.45, 2.75) is 70.2 Å². The van der Waals surface area contributed by atoms with Gasteiger partial charge in [-0.3, -0.25) is 23.4 Å². The Bertz CT molecular complexity index is 1110. The summed E-state index contributed by atoms with van der Waals surface area (Å²) in [5, 5.41) is 3.67. The third-order valence-electron chi connectivity index (χ3n) is 6.38. The molecule has 2 N–H and O–H groups in total. The number of unbranched alkanes of at least 4 members (excludes halogenated alkanes) is 5. The summed E-state index contributed by atoms with van der Waals surface area (Å²) >= 11 is 0.757. The fourth-order valence-corrected chi connectivity index (χ4v) is 4.85. The molecule has 1 saturated heterocycles. The van der Waals surface area contributed by atoms with Gasteiger partial charge in [0.15, 0.2) is 0 Å². The average molecular weight is 694 g/mol. The van der Waals surface area contributed by atoms with E-state index in [9.17, 15) is 19.0 Å². The van der Waals surface area contributed by atoms with E-state index in [-0.39, 0.29) is 19.6 Å². The van der Waals surface area contributed by atoms with Crippen LogP contribution in [0.5, 0.6) is 0 Å². The van der Waals surface area contributed by atoms with Gasteiger partial charge in [0.25, 0.3) is 5.56 Å². The Balaban J connectivity index is 0.00000268. The van der Waals surface area contributed by atoms with Gasteiger partial charge in [-0.2, -0.15) is 0 Å². The molecule has 1 fully saturated rings. The summed E-state index contributed by atoms with van der Waals surface area (Å²) < 4.78 is 29.4. The van der Waals surface area contributed by atoms with Crippen LogP contribution in [0.15, 0.2) is 20.9 Å². The van der Waals surface area contributed by atoms with Gasteiger partial charge in [-0.1, -0.05) is 30.8 Å². The third-order valence-corrected chi connectivity index (χ3v) is 7.36. The van der Waals surface area contributed by atoms with Crippen molar-refractivity contribution in [3.63, 3.8) is 0 Å². The van der Waals surface area contributed by atoms with E-state index in [1.807, 2.05) is 0 Å². The van der Waals surface area contributed by atoms with Gasteiger partial charge >= 0.3 is 46.8 Å². The summed E-state index contributed by atoms with van der Waals surface area (Å²) in [7, 11) is 11.3. The number of phosphoric ester groups is 1. The van der Waals surface area contributed by atoms with Gasteiger partial charge in [-0.25, -0.2) is 9.36 Å². The van der Waals surface area contributed by atoms with E-state index in [0.717, 1.165) is 64.9 Å². The number of azide groups is 1. The molecule has 41 heavy (non-hydrogen) atoms. The molecule has 0 spiro atoms. The van der Waals surface area contributed by atoms with Crippen LogP contribution in [0.2, 0.25) is 0 Å². The van der Waals surface area contributed by atoms with Crippen LogP contribution in [0, 0.1) is 6.92 Å². The molecule has 1 aliphatic rings. The van der Waals surface area contributed by atoms with E-state index >= 15 is 0 Å². The molecule has 2 heterocycles. The van der Waals surface area contributed by atoms with Crippen molar-refractivity contribution in [2.24, 2.45) is 5.11 Å². The van der Waals surface area contributed by atoms with Crippen LogP contribution in [-0.2, 0) is 31.5 Å². The molecule has 18 heteroatoms. The van der Waals surface area contributed by atoms with Crippen LogP contribution in [-0.4, -0.2) is 90.4 Å². The molecular formula is C23H42Cl2CuN7O7P. The molecule has 1 aromatic heterocycles. The van der Waals surface area contributed by atoms with Crippen LogP contribution < -0.4 is 11.2 Å².